The van der Waals surface area contributed by atoms with Crippen molar-refractivity contribution in [3.05, 3.63) is 65.5 Å². The highest BCUT2D eigenvalue weighted by Crippen LogP contribution is 2.21. The van der Waals surface area contributed by atoms with E-state index in [1.807, 2.05) is 42.5 Å². The Hall–Kier alpha value is -2.79. The molecule has 148 valence electrons. The molecular formula is C22H25ClN2O3. The summed E-state index contributed by atoms with van der Waals surface area (Å²) in [5.41, 5.74) is 3.85. The van der Waals surface area contributed by atoms with Crippen molar-refractivity contribution in [3.8, 4) is 5.75 Å². The highest BCUT2D eigenvalue weighted by molar-refractivity contribution is 5.85. The molecule has 28 heavy (non-hydrogen) atoms. The van der Waals surface area contributed by atoms with Crippen molar-refractivity contribution in [3.63, 3.8) is 0 Å². The molecule has 0 spiro atoms. The van der Waals surface area contributed by atoms with Crippen LogP contribution in [-0.4, -0.2) is 27.7 Å². The van der Waals surface area contributed by atoms with E-state index in [1.54, 1.807) is 6.08 Å². The minimum Gasteiger partial charge on any atom is -0.494 e. The third-order valence-electron chi connectivity index (χ3n) is 4.24. The number of aromatic nitrogens is 2. The number of rotatable bonds is 8. The second-order valence-electron chi connectivity index (χ2n) is 6.98. The summed E-state index contributed by atoms with van der Waals surface area (Å²) in [7, 11) is 0. The van der Waals surface area contributed by atoms with Gasteiger partial charge in [-0.1, -0.05) is 38.1 Å². The van der Waals surface area contributed by atoms with Crippen molar-refractivity contribution in [2.24, 2.45) is 5.92 Å². The van der Waals surface area contributed by atoms with Gasteiger partial charge in [-0.3, -0.25) is 0 Å². The van der Waals surface area contributed by atoms with Crippen molar-refractivity contribution >= 4 is 35.5 Å². The molecule has 0 saturated heterocycles. The van der Waals surface area contributed by atoms with Crippen molar-refractivity contribution < 1.29 is 14.6 Å². The first-order chi connectivity index (χ1) is 13.0. The second-order valence-corrected chi connectivity index (χ2v) is 6.98. The number of hydrogen-bond acceptors (Lipinski definition) is 3. The molecule has 3 rings (SSSR count). The largest absolute Gasteiger partial charge is 0.494 e. The number of H-pyrrole nitrogens is 1. The maximum Gasteiger partial charge on any atom is 0.328 e. The van der Waals surface area contributed by atoms with Crippen LogP contribution in [-0.2, 0) is 11.2 Å². The maximum absolute atomic E-state index is 10.6. The zero-order valence-electron chi connectivity index (χ0n) is 16.0. The lowest BCUT2D eigenvalue weighted by Crippen LogP contribution is -2.01. The van der Waals surface area contributed by atoms with Gasteiger partial charge in [0.15, 0.2) is 0 Å². The average Bonchev–Trinajstić information content (AvgIpc) is 3.02. The number of fused-ring (bicyclic) bond motifs is 1. The SMILES string of the molecule is CC(C)CCOc1ccc2nc(Cc3ccc(/C=C/C(=O)O)cc3)[nH]c2c1.Cl. The van der Waals surface area contributed by atoms with Gasteiger partial charge in [0.05, 0.1) is 17.6 Å². The van der Waals surface area contributed by atoms with Gasteiger partial charge in [0, 0.05) is 18.6 Å². The van der Waals surface area contributed by atoms with Crippen LogP contribution in [0.2, 0.25) is 0 Å². The Morgan fingerprint density at radius 3 is 2.64 bits per heavy atom. The Bertz CT molecular complexity index is 946. The molecule has 1 aromatic heterocycles. The maximum atomic E-state index is 10.6. The first-order valence-corrected chi connectivity index (χ1v) is 9.11. The minimum atomic E-state index is -0.950. The van der Waals surface area contributed by atoms with Gasteiger partial charge in [-0.2, -0.15) is 0 Å². The van der Waals surface area contributed by atoms with Crippen LogP contribution in [0.3, 0.4) is 0 Å². The van der Waals surface area contributed by atoms with Crippen LogP contribution in [0.4, 0.5) is 0 Å². The van der Waals surface area contributed by atoms with Crippen LogP contribution in [0.1, 0.15) is 37.2 Å². The number of aromatic amines is 1. The van der Waals surface area contributed by atoms with Gasteiger partial charge in [0.2, 0.25) is 0 Å². The Kier molecular flexibility index (Phi) is 7.64. The fourth-order valence-electron chi connectivity index (χ4n) is 2.74. The fraction of sp³-hybridized carbons (Fsp3) is 0.273. The van der Waals surface area contributed by atoms with E-state index in [4.69, 9.17) is 9.84 Å². The van der Waals surface area contributed by atoms with E-state index in [0.717, 1.165) is 46.2 Å². The summed E-state index contributed by atoms with van der Waals surface area (Å²) >= 11 is 0. The molecule has 0 radical (unpaired) electrons. The smallest absolute Gasteiger partial charge is 0.328 e. The topological polar surface area (TPSA) is 75.2 Å². The van der Waals surface area contributed by atoms with E-state index in [-0.39, 0.29) is 12.4 Å². The molecule has 0 atom stereocenters. The van der Waals surface area contributed by atoms with Gasteiger partial charge in [-0.25, -0.2) is 9.78 Å². The summed E-state index contributed by atoms with van der Waals surface area (Å²) < 4.78 is 5.81. The molecule has 0 bridgehead atoms. The Balaban J connectivity index is 0.00000280. The zero-order valence-corrected chi connectivity index (χ0v) is 16.8. The van der Waals surface area contributed by atoms with Crippen LogP contribution < -0.4 is 4.74 Å². The van der Waals surface area contributed by atoms with E-state index in [2.05, 4.69) is 23.8 Å². The molecule has 0 aliphatic rings. The average molecular weight is 401 g/mol. The molecule has 6 heteroatoms. The first-order valence-electron chi connectivity index (χ1n) is 9.11. The summed E-state index contributed by atoms with van der Waals surface area (Å²) in [6.07, 6.45) is 4.42. The van der Waals surface area contributed by atoms with Crippen molar-refractivity contribution in [2.75, 3.05) is 6.61 Å². The van der Waals surface area contributed by atoms with Crippen molar-refractivity contribution in [2.45, 2.75) is 26.7 Å². The molecule has 2 aromatic carbocycles. The van der Waals surface area contributed by atoms with Gasteiger partial charge in [0.1, 0.15) is 11.6 Å². The number of halogens is 1. The molecule has 5 nitrogen and oxygen atoms in total. The summed E-state index contributed by atoms with van der Waals surface area (Å²) in [6.45, 7) is 5.08. The van der Waals surface area contributed by atoms with Crippen LogP contribution in [0.5, 0.6) is 5.75 Å². The van der Waals surface area contributed by atoms with E-state index >= 15 is 0 Å². The number of nitrogens with one attached hydrogen (secondary N) is 1. The number of imidazole rings is 1. The molecule has 0 unspecified atom stereocenters. The lowest BCUT2D eigenvalue weighted by Gasteiger charge is -2.07. The molecule has 2 N–H and O–H groups in total. The number of ether oxygens (including phenoxy) is 1. The van der Waals surface area contributed by atoms with E-state index in [9.17, 15) is 4.79 Å². The zero-order chi connectivity index (χ0) is 19.2. The predicted molar refractivity (Wildman–Crippen MR) is 114 cm³/mol. The fourth-order valence-corrected chi connectivity index (χ4v) is 2.74. The highest BCUT2D eigenvalue weighted by Gasteiger charge is 2.06. The monoisotopic (exact) mass is 400 g/mol. The number of carboxylic acids is 1. The molecule has 0 aliphatic heterocycles. The molecule has 0 fully saturated rings. The highest BCUT2D eigenvalue weighted by atomic mass is 35.5. The molecular weight excluding hydrogens is 376 g/mol. The number of hydrogen-bond donors (Lipinski definition) is 2. The number of carbonyl (C=O) groups is 1. The summed E-state index contributed by atoms with van der Waals surface area (Å²) in [5.74, 6) is 1.42. The molecule has 0 amide bonds. The van der Waals surface area contributed by atoms with Crippen LogP contribution in [0.25, 0.3) is 17.1 Å². The second kappa shape index (κ2) is 9.95. The van der Waals surface area contributed by atoms with E-state index in [0.29, 0.717) is 18.9 Å². The normalized spacial score (nSPS) is 11.1. The van der Waals surface area contributed by atoms with Crippen LogP contribution in [0.15, 0.2) is 48.5 Å². The molecule has 0 saturated carbocycles. The van der Waals surface area contributed by atoms with Gasteiger partial charge in [-0.15, -0.1) is 12.4 Å². The number of carboxylic acid groups (broad SMARTS) is 1. The van der Waals surface area contributed by atoms with Crippen LogP contribution >= 0.6 is 12.4 Å². The van der Waals surface area contributed by atoms with Crippen molar-refractivity contribution in [1.82, 2.24) is 9.97 Å². The standard InChI is InChI=1S/C22H24N2O3.ClH/c1-15(2)11-12-27-18-8-9-19-20(14-18)24-21(23-19)13-17-5-3-16(4-6-17)7-10-22(25)26;/h3-10,14-15H,11-13H2,1-2H3,(H,23,24)(H,25,26);1H/b10-7+;. The summed E-state index contributed by atoms with van der Waals surface area (Å²) in [4.78, 5) is 18.6. The quantitative estimate of drug-likeness (QED) is 0.516. The third-order valence-corrected chi connectivity index (χ3v) is 4.24. The number of benzene rings is 2. The minimum absolute atomic E-state index is 0. The van der Waals surface area contributed by atoms with Crippen molar-refractivity contribution in [1.29, 1.82) is 0 Å². The van der Waals surface area contributed by atoms with E-state index in [1.165, 1.54) is 0 Å². The van der Waals surface area contributed by atoms with Crippen LogP contribution in [0, 0.1) is 5.92 Å². The molecule has 0 aliphatic carbocycles. The first kappa shape index (κ1) is 21.5. The lowest BCUT2D eigenvalue weighted by atomic mass is 10.1. The Morgan fingerprint density at radius 1 is 1.21 bits per heavy atom. The summed E-state index contributed by atoms with van der Waals surface area (Å²) in [6, 6.07) is 13.7. The number of aliphatic carboxylic acids is 1. The number of nitrogens with zero attached hydrogens (tertiary/aromatic N) is 1. The Morgan fingerprint density at radius 2 is 1.96 bits per heavy atom. The predicted octanol–water partition coefficient (Wildman–Crippen LogP) is 5.10. The lowest BCUT2D eigenvalue weighted by molar-refractivity contribution is -0.131. The molecule has 1 heterocycles. The van der Waals surface area contributed by atoms with Gasteiger partial charge >= 0.3 is 5.97 Å². The third kappa shape index (κ3) is 6.13. The van der Waals surface area contributed by atoms with Gasteiger partial charge < -0.3 is 14.8 Å². The Labute approximate surface area is 170 Å². The molecule has 3 aromatic rings. The van der Waals surface area contributed by atoms with E-state index < -0.39 is 5.97 Å². The van der Waals surface area contributed by atoms with Gasteiger partial charge in [0.25, 0.3) is 0 Å². The van der Waals surface area contributed by atoms with Gasteiger partial charge in [-0.05, 0) is 41.7 Å². The summed E-state index contributed by atoms with van der Waals surface area (Å²) in [5, 5.41) is 8.68.